The Bertz CT molecular complexity index is 903. The molecular weight excluding hydrogens is 804 g/mol. The van der Waals surface area contributed by atoms with Gasteiger partial charge in [-0.3, -0.25) is 0 Å². The summed E-state index contributed by atoms with van der Waals surface area (Å²) < 4.78 is 17.4. The second-order valence-electron chi connectivity index (χ2n) is 12.3. The van der Waals surface area contributed by atoms with Crippen molar-refractivity contribution in [1.82, 2.24) is 0 Å². The van der Waals surface area contributed by atoms with E-state index in [1.54, 1.807) is 45.9 Å². The van der Waals surface area contributed by atoms with E-state index < -0.39 is 36.8 Å². The SMILES string of the molecule is CCC[CH2][Sn]([CH2]CCC)([CH2]CCC)[c]1cc2cc3[se][c]([Sn]([CH2]CCC)([CH2]CCC)[CH2]CCC)cc3cc2[se]1. The van der Waals surface area contributed by atoms with E-state index in [1.807, 2.05) is 0 Å². The van der Waals surface area contributed by atoms with Crippen molar-refractivity contribution in [3.05, 3.63) is 24.3 Å². The van der Waals surface area contributed by atoms with Gasteiger partial charge in [-0.15, -0.1) is 0 Å². The molecule has 1 aromatic carbocycles. The maximum atomic E-state index is 2.82. The standard InChI is InChI=1S/C10H4Se2.6C4H9.2Sn/c1-3-11-9-6-8-2-4-12-10(8)5-7(1)9;6*1-3-4-2;;/h1-2,5-6H;6*1,3-4H2,2H3;;. The minimum atomic E-state index is -2.28. The zero-order chi connectivity index (χ0) is 27.4. The molecule has 0 bridgehead atoms. The molecule has 0 aliphatic heterocycles. The molecule has 2 aromatic heterocycles. The average Bonchev–Trinajstić information content (AvgIpc) is 3.55. The van der Waals surface area contributed by atoms with Gasteiger partial charge < -0.3 is 0 Å². The van der Waals surface area contributed by atoms with Crippen LogP contribution in [0.25, 0.3) is 19.3 Å². The fourth-order valence-electron chi connectivity index (χ4n) is 6.67. The van der Waals surface area contributed by atoms with E-state index in [-0.39, 0.29) is 0 Å². The predicted molar refractivity (Wildman–Crippen MR) is 184 cm³/mol. The summed E-state index contributed by atoms with van der Waals surface area (Å²) in [5.74, 6) is 0. The third-order valence-electron chi connectivity index (χ3n) is 9.25. The van der Waals surface area contributed by atoms with Gasteiger partial charge in [-0.25, -0.2) is 0 Å². The van der Waals surface area contributed by atoms with E-state index in [0.29, 0.717) is 29.0 Å². The van der Waals surface area contributed by atoms with Crippen molar-refractivity contribution in [2.45, 2.75) is 145 Å². The molecule has 0 nitrogen and oxygen atoms in total. The maximum absolute atomic E-state index is 2.82. The zero-order valence-electron chi connectivity index (χ0n) is 25.9. The molecule has 0 aliphatic rings. The van der Waals surface area contributed by atoms with Gasteiger partial charge in [-0.2, -0.15) is 0 Å². The Labute approximate surface area is 256 Å². The fraction of sp³-hybridized carbons (Fsp3) is 0.706. The molecule has 0 amide bonds. The molecule has 0 unspecified atom stereocenters. The Balaban J connectivity index is 2.05. The molecule has 2 heterocycles. The number of fused-ring (bicyclic) bond motifs is 2. The van der Waals surface area contributed by atoms with Gasteiger partial charge in [0.15, 0.2) is 0 Å². The van der Waals surface area contributed by atoms with Crippen molar-refractivity contribution >= 4 is 90.0 Å². The summed E-state index contributed by atoms with van der Waals surface area (Å²) in [4.78, 5) is 0. The van der Waals surface area contributed by atoms with Crippen LogP contribution in [0.15, 0.2) is 24.3 Å². The minimum absolute atomic E-state index is 0.617. The molecule has 0 N–H and O–H groups in total. The van der Waals surface area contributed by atoms with Crippen molar-refractivity contribution in [3.8, 4) is 0 Å². The normalized spacial score (nSPS) is 12.8. The summed E-state index contributed by atoms with van der Waals surface area (Å²) in [6.45, 7) is 14.5. The van der Waals surface area contributed by atoms with Gasteiger partial charge in [0.05, 0.1) is 0 Å². The predicted octanol–water partition coefficient (Wildman–Crippen LogP) is 10.2. The summed E-state index contributed by atoms with van der Waals surface area (Å²) >= 11 is -3.33. The average molecular weight is 862 g/mol. The van der Waals surface area contributed by atoms with Crippen LogP contribution in [0.4, 0.5) is 0 Å². The third-order valence-corrected chi connectivity index (χ3v) is 57.5. The number of benzene rings is 1. The van der Waals surface area contributed by atoms with Crippen LogP contribution >= 0.6 is 0 Å². The summed E-state index contributed by atoms with van der Waals surface area (Å²) in [5, 5.41) is 3.36. The molecule has 0 saturated heterocycles. The molecule has 0 saturated carbocycles. The summed E-state index contributed by atoms with van der Waals surface area (Å²) in [5.41, 5.74) is 0. The van der Waals surface area contributed by atoms with Crippen LogP contribution in [0, 0.1) is 0 Å². The topological polar surface area (TPSA) is 0 Å². The third kappa shape index (κ3) is 8.69. The van der Waals surface area contributed by atoms with Crippen molar-refractivity contribution in [1.29, 1.82) is 0 Å². The Hall–Kier alpha value is 1.34. The molecule has 4 heteroatoms. The molecule has 3 rings (SSSR count). The van der Waals surface area contributed by atoms with Crippen molar-refractivity contribution in [2.24, 2.45) is 0 Å². The zero-order valence-corrected chi connectivity index (χ0v) is 35.0. The van der Waals surface area contributed by atoms with Crippen LogP contribution in [-0.2, 0) is 0 Å². The van der Waals surface area contributed by atoms with Crippen LogP contribution < -0.4 is 4.91 Å². The van der Waals surface area contributed by atoms with Crippen LogP contribution in [-0.4, -0.2) is 65.8 Å². The van der Waals surface area contributed by atoms with Crippen molar-refractivity contribution in [3.63, 3.8) is 0 Å². The summed E-state index contributed by atoms with van der Waals surface area (Å²) in [7, 11) is 0. The Morgan fingerprint density at radius 3 is 0.921 bits per heavy atom. The van der Waals surface area contributed by atoms with E-state index in [2.05, 4.69) is 70.7 Å². The van der Waals surface area contributed by atoms with E-state index in [1.165, 1.54) is 77.0 Å². The molecular formula is C34H58Se2Sn2. The van der Waals surface area contributed by atoms with Crippen LogP contribution in [0.1, 0.15) is 119 Å². The van der Waals surface area contributed by atoms with Gasteiger partial charge in [0.25, 0.3) is 0 Å². The Morgan fingerprint density at radius 1 is 0.421 bits per heavy atom. The van der Waals surface area contributed by atoms with E-state index >= 15 is 0 Å². The number of rotatable bonds is 20. The van der Waals surface area contributed by atoms with Gasteiger partial charge in [-0.05, 0) is 0 Å². The Kier molecular flexibility index (Phi) is 15.5. The van der Waals surface area contributed by atoms with Crippen LogP contribution in [0.2, 0.25) is 26.6 Å². The first-order valence-corrected chi connectivity index (χ1v) is 34.9. The van der Waals surface area contributed by atoms with E-state index in [4.69, 9.17) is 0 Å². The van der Waals surface area contributed by atoms with Gasteiger partial charge >= 0.3 is 259 Å². The summed E-state index contributed by atoms with van der Waals surface area (Å²) in [6.07, 6.45) is 17.2. The second kappa shape index (κ2) is 17.5. The Morgan fingerprint density at radius 2 is 0.684 bits per heavy atom. The van der Waals surface area contributed by atoms with Crippen LogP contribution in [0.3, 0.4) is 0 Å². The van der Waals surface area contributed by atoms with E-state index in [0.717, 1.165) is 0 Å². The molecule has 0 spiro atoms. The van der Waals surface area contributed by atoms with Crippen molar-refractivity contribution < 1.29 is 0 Å². The van der Waals surface area contributed by atoms with E-state index in [9.17, 15) is 0 Å². The van der Waals surface area contributed by atoms with Crippen molar-refractivity contribution in [2.75, 3.05) is 0 Å². The molecule has 0 fully saturated rings. The molecule has 214 valence electrons. The quantitative estimate of drug-likeness (QED) is 0.0994. The molecule has 0 atom stereocenters. The second-order valence-corrected chi connectivity index (χ2v) is 47.8. The number of unbranched alkanes of at least 4 members (excludes halogenated alkanes) is 6. The molecule has 3 aromatic rings. The first-order valence-electron chi connectivity index (χ1n) is 16.5. The van der Waals surface area contributed by atoms with Gasteiger partial charge in [-0.1, -0.05) is 0 Å². The number of hydrogen-bond acceptors (Lipinski definition) is 0. The first kappa shape index (κ1) is 33.8. The summed E-state index contributed by atoms with van der Waals surface area (Å²) in [6, 6.07) is 11.1. The van der Waals surface area contributed by atoms with Crippen LogP contribution in [0.5, 0.6) is 0 Å². The number of hydrogen-bond donors (Lipinski definition) is 0. The van der Waals surface area contributed by atoms with Gasteiger partial charge in [0.1, 0.15) is 0 Å². The van der Waals surface area contributed by atoms with Gasteiger partial charge in [0, 0.05) is 0 Å². The molecule has 0 aliphatic carbocycles. The van der Waals surface area contributed by atoms with Gasteiger partial charge in [0.2, 0.25) is 0 Å². The fourth-order valence-corrected chi connectivity index (χ4v) is 58.2. The molecule has 38 heavy (non-hydrogen) atoms. The first-order chi connectivity index (χ1) is 18.5. The molecule has 0 radical (unpaired) electrons. The monoisotopic (exact) mass is 866 g/mol.